The fraction of sp³-hybridized carbons (Fsp3) is 0.150. The molecular weight excluding hydrogens is 452 g/mol. The second-order valence-electron chi connectivity index (χ2n) is 6.79. The van der Waals surface area contributed by atoms with Crippen molar-refractivity contribution >= 4 is 20.9 Å². The fourth-order valence-electron chi connectivity index (χ4n) is 3.13. The van der Waals surface area contributed by atoms with Gasteiger partial charge in [-0.05, 0) is 36.4 Å². The van der Waals surface area contributed by atoms with E-state index < -0.39 is 32.6 Å². The maximum atomic E-state index is 13.8. The first-order valence-electron chi connectivity index (χ1n) is 8.96. The third kappa shape index (κ3) is 3.88. The number of fused-ring (bicyclic) bond motifs is 1. The maximum absolute atomic E-state index is 13.8. The fourth-order valence-corrected chi connectivity index (χ4v) is 3.64. The van der Waals surface area contributed by atoms with Gasteiger partial charge in [0.15, 0.2) is 0 Å². The van der Waals surface area contributed by atoms with Gasteiger partial charge >= 0.3 is 6.18 Å². The highest BCUT2D eigenvalue weighted by atomic mass is 32.2. The number of aromatic nitrogens is 4. The summed E-state index contributed by atoms with van der Waals surface area (Å²) in [7, 11) is -2.32. The van der Waals surface area contributed by atoms with E-state index in [9.17, 15) is 26.0 Å². The molecule has 2 aromatic heterocycles. The summed E-state index contributed by atoms with van der Waals surface area (Å²) in [5, 5.41) is -0.466. The van der Waals surface area contributed by atoms with Gasteiger partial charge in [0.05, 0.1) is 23.7 Å². The predicted octanol–water partition coefficient (Wildman–Crippen LogP) is 4.05. The minimum absolute atomic E-state index is 0.00287. The van der Waals surface area contributed by atoms with Crippen LogP contribution in [0.25, 0.3) is 28.2 Å². The molecule has 0 amide bonds. The number of imidazole rings is 1. The minimum Gasteiger partial charge on any atom is -0.497 e. The molecule has 0 radical (unpaired) electrons. The summed E-state index contributed by atoms with van der Waals surface area (Å²) in [5.74, 6) is -0.923. The number of methoxy groups -OCH3 is 1. The summed E-state index contributed by atoms with van der Waals surface area (Å²) >= 11 is 0. The Labute approximate surface area is 179 Å². The molecule has 0 fully saturated rings. The van der Waals surface area contributed by atoms with E-state index in [1.807, 2.05) is 0 Å². The molecule has 0 aliphatic heterocycles. The van der Waals surface area contributed by atoms with E-state index in [-0.39, 0.29) is 17.2 Å². The van der Waals surface area contributed by atoms with Gasteiger partial charge in [-0.1, -0.05) is 0 Å². The second-order valence-corrected chi connectivity index (χ2v) is 8.70. The lowest BCUT2D eigenvalue weighted by Gasteiger charge is -2.12. The summed E-state index contributed by atoms with van der Waals surface area (Å²) in [4.78, 5) is 12.2. The Bertz CT molecular complexity index is 1450. The van der Waals surface area contributed by atoms with E-state index in [0.29, 0.717) is 28.9 Å². The number of nitrogens with zero attached hydrogens (tertiary/aromatic N) is 4. The number of sulfone groups is 1. The van der Waals surface area contributed by atoms with Crippen LogP contribution >= 0.6 is 0 Å². The number of benzene rings is 2. The van der Waals surface area contributed by atoms with Crippen molar-refractivity contribution in [2.45, 2.75) is 11.3 Å². The van der Waals surface area contributed by atoms with Crippen LogP contribution in [0.3, 0.4) is 0 Å². The van der Waals surface area contributed by atoms with E-state index in [1.165, 1.54) is 23.9 Å². The summed E-state index contributed by atoms with van der Waals surface area (Å²) in [6, 6.07) is 8.64. The van der Waals surface area contributed by atoms with Gasteiger partial charge in [-0.25, -0.2) is 27.8 Å². The third-order valence-electron chi connectivity index (χ3n) is 4.57. The summed E-state index contributed by atoms with van der Waals surface area (Å²) in [6.45, 7) is 0. The maximum Gasteiger partial charge on any atom is 0.419 e. The van der Waals surface area contributed by atoms with Gasteiger partial charge in [-0.2, -0.15) is 13.2 Å². The lowest BCUT2D eigenvalue weighted by molar-refractivity contribution is -0.139. The predicted molar refractivity (Wildman–Crippen MR) is 107 cm³/mol. The van der Waals surface area contributed by atoms with E-state index in [2.05, 4.69) is 15.0 Å². The van der Waals surface area contributed by atoms with Crippen molar-refractivity contribution in [3.05, 3.63) is 60.0 Å². The Morgan fingerprint density at radius 2 is 1.78 bits per heavy atom. The monoisotopic (exact) mass is 466 g/mol. The molecule has 0 unspecified atom stereocenters. The highest BCUT2D eigenvalue weighted by Gasteiger charge is 2.34. The van der Waals surface area contributed by atoms with Crippen molar-refractivity contribution in [1.29, 1.82) is 0 Å². The highest BCUT2D eigenvalue weighted by Crippen LogP contribution is 2.36. The molecule has 0 aliphatic carbocycles. The molecule has 0 spiro atoms. The first-order valence-corrected chi connectivity index (χ1v) is 10.9. The van der Waals surface area contributed by atoms with E-state index in [4.69, 9.17) is 4.74 Å². The summed E-state index contributed by atoms with van der Waals surface area (Å²) in [5.41, 5.74) is -0.743. The standard InChI is InChI=1S/C20H14F4N4O3S/c1-31-12-4-6-16-15(10-12)26-18(11-3-5-14(21)13(9-11)20(22,23)24)28(16)17-7-8-25-19(27-17)32(2,29)30/h3-10H,1-2H3. The average molecular weight is 466 g/mol. The Morgan fingerprint density at radius 1 is 1.03 bits per heavy atom. The van der Waals surface area contributed by atoms with Crippen molar-refractivity contribution in [3.8, 4) is 23.0 Å². The number of ether oxygens (including phenoxy) is 1. The third-order valence-corrected chi connectivity index (χ3v) is 5.43. The molecule has 32 heavy (non-hydrogen) atoms. The van der Waals surface area contributed by atoms with Gasteiger partial charge in [-0.3, -0.25) is 4.57 Å². The van der Waals surface area contributed by atoms with Gasteiger partial charge in [0.25, 0.3) is 0 Å². The molecule has 2 heterocycles. The van der Waals surface area contributed by atoms with E-state index in [0.717, 1.165) is 12.3 Å². The smallest absolute Gasteiger partial charge is 0.419 e. The van der Waals surface area contributed by atoms with E-state index >= 15 is 0 Å². The Balaban J connectivity index is 2.04. The molecule has 0 N–H and O–H groups in total. The normalized spacial score (nSPS) is 12.3. The molecule has 0 atom stereocenters. The first kappa shape index (κ1) is 21.7. The van der Waals surface area contributed by atoms with Crippen LogP contribution < -0.4 is 4.74 Å². The quantitative estimate of drug-likeness (QED) is 0.333. The zero-order chi connectivity index (χ0) is 23.3. The SMILES string of the molecule is COc1ccc2c(c1)nc(-c1ccc(F)c(C(F)(F)F)c1)n2-c1ccnc(S(C)(=O)=O)n1. The van der Waals surface area contributed by atoms with Crippen LogP contribution in [-0.4, -0.2) is 41.3 Å². The zero-order valence-electron chi connectivity index (χ0n) is 16.6. The first-order chi connectivity index (χ1) is 15.0. The van der Waals surface area contributed by atoms with Gasteiger partial charge in [0, 0.05) is 24.1 Å². The van der Waals surface area contributed by atoms with Crippen LogP contribution in [0.4, 0.5) is 17.6 Å². The van der Waals surface area contributed by atoms with Gasteiger partial charge < -0.3 is 4.74 Å². The number of hydrogen-bond donors (Lipinski definition) is 0. The molecule has 0 saturated carbocycles. The number of rotatable bonds is 4. The number of alkyl halides is 3. The van der Waals surface area contributed by atoms with Crippen LogP contribution in [-0.2, 0) is 16.0 Å². The highest BCUT2D eigenvalue weighted by molar-refractivity contribution is 7.90. The summed E-state index contributed by atoms with van der Waals surface area (Å²) in [6.07, 6.45) is -2.78. The Morgan fingerprint density at radius 3 is 2.44 bits per heavy atom. The molecule has 12 heteroatoms. The van der Waals surface area contributed by atoms with E-state index in [1.54, 1.807) is 18.2 Å². The molecule has 0 aliphatic rings. The largest absolute Gasteiger partial charge is 0.497 e. The lowest BCUT2D eigenvalue weighted by atomic mass is 10.1. The van der Waals surface area contributed by atoms with Crippen molar-refractivity contribution in [2.24, 2.45) is 0 Å². The summed E-state index contributed by atoms with van der Waals surface area (Å²) < 4.78 is 84.1. The van der Waals surface area contributed by atoms with Crippen molar-refractivity contribution in [2.75, 3.05) is 13.4 Å². The zero-order valence-corrected chi connectivity index (χ0v) is 17.4. The lowest BCUT2D eigenvalue weighted by Crippen LogP contribution is -2.10. The van der Waals surface area contributed by atoms with Gasteiger partial charge in [-0.15, -0.1) is 0 Å². The van der Waals surface area contributed by atoms with Crippen molar-refractivity contribution in [1.82, 2.24) is 19.5 Å². The molecule has 0 bridgehead atoms. The minimum atomic E-state index is -4.92. The molecule has 4 aromatic rings. The second kappa shape index (κ2) is 7.55. The molecule has 7 nitrogen and oxygen atoms in total. The molecule has 166 valence electrons. The molecular formula is C20H14F4N4O3S. The van der Waals surface area contributed by atoms with Crippen LogP contribution in [0.5, 0.6) is 5.75 Å². The van der Waals surface area contributed by atoms with Gasteiger partial charge in [0.1, 0.15) is 23.2 Å². The van der Waals surface area contributed by atoms with Crippen molar-refractivity contribution < 1.29 is 30.7 Å². The number of hydrogen-bond acceptors (Lipinski definition) is 6. The number of halogens is 4. The van der Waals surface area contributed by atoms with Crippen LogP contribution in [0, 0.1) is 5.82 Å². The average Bonchev–Trinajstić information content (AvgIpc) is 3.11. The van der Waals surface area contributed by atoms with Gasteiger partial charge in [0.2, 0.25) is 15.0 Å². The molecule has 2 aromatic carbocycles. The Kier molecular flexibility index (Phi) is 5.12. The molecule has 0 saturated heterocycles. The van der Waals surface area contributed by atoms with Crippen LogP contribution in [0.1, 0.15) is 5.56 Å². The Hall–Kier alpha value is -3.54. The molecule has 4 rings (SSSR count). The van der Waals surface area contributed by atoms with Crippen LogP contribution in [0.2, 0.25) is 0 Å². The van der Waals surface area contributed by atoms with Crippen molar-refractivity contribution in [3.63, 3.8) is 0 Å². The topological polar surface area (TPSA) is 87.0 Å². The van der Waals surface area contributed by atoms with Crippen LogP contribution in [0.15, 0.2) is 53.8 Å².